The van der Waals surface area contributed by atoms with Crippen LogP contribution in [0.2, 0.25) is 0 Å². The summed E-state index contributed by atoms with van der Waals surface area (Å²) in [5, 5.41) is 18.6. The number of anilines is 3. The molecule has 1 aromatic heterocycles. The number of aromatic amines is 1. The molecule has 0 unspecified atom stereocenters. The Morgan fingerprint density at radius 2 is 1.62 bits per heavy atom. The molecule has 1 amide bonds. The maximum absolute atomic E-state index is 13.0. The summed E-state index contributed by atoms with van der Waals surface area (Å²) >= 11 is 1.74. The number of amides is 1. The minimum absolute atomic E-state index is 0.137. The molecule has 0 saturated heterocycles. The van der Waals surface area contributed by atoms with Crippen LogP contribution in [0.4, 0.5) is 22.7 Å². The number of hydrogen-bond donors (Lipinski definition) is 3. The summed E-state index contributed by atoms with van der Waals surface area (Å²) in [6.45, 7) is 7.99. The summed E-state index contributed by atoms with van der Waals surface area (Å²) in [5.41, 5.74) is 7.66. The quantitative estimate of drug-likeness (QED) is 0.153. The molecule has 0 bridgehead atoms. The minimum atomic E-state index is -0.487. The van der Waals surface area contributed by atoms with E-state index in [-0.39, 0.29) is 11.4 Å². The second-order valence-corrected chi connectivity index (χ2v) is 10.6. The SMILES string of the molecule is C=C(c1ccc2c(c1)Nc1ccccc1S2)c1ccc2cc(C(=O)Nc3cc(C)c(C)cc3[N+](=O)[O-])[nH]c2c1. The Hall–Kier alpha value is -4.82. The van der Waals surface area contributed by atoms with E-state index in [1.54, 1.807) is 30.8 Å². The van der Waals surface area contributed by atoms with E-state index < -0.39 is 10.8 Å². The smallest absolute Gasteiger partial charge is 0.293 e. The number of fused-ring (bicyclic) bond motifs is 3. The summed E-state index contributed by atoms with van der Waals surface area (Å²) in [7, 11) is 0. The van der Waals surface area contributed by atoms with Crippen LogP contribution in [-0.4, -0.2) is 15.8 Å². The van der Waals surface area contributed by atoms with E-state index in [9.17, 15) is 14.9 Å². The van der Waals surface area contributed by atoms with Gasteiger partial charge in [0.25, 0.3) is 11.6 Å². The summed E-state index contributed by atoms with van der Waals surface area (Å²) in [4.78, 5) is 29.6. The standard InChI is InChI=1S/C31H24N4O3S/c1-17-12-25(28(35(37)38)13-18(17)2)34-31(36)27-16-22-9-8-20(14-24(22)33-27)19(3)21-10-11-30-26(15-21)32-23-6-4-5-7-29(23)39-30/h4-16,32-33H,3H2,1-2H3,(H,34,36). The highest BCUT2D eigenvalue weighted by Crippen LogP contribution is 2.45. The zero-order valence-corrected chi connectivity index (χ0v) is 22.1. The largest absolute Gasteiger partial charge is 0.354 e. The molecule has 3 N–H and O–H groups in total. The Morgan fingerprint density at radius 1 is 0.897 bits per heavy atom. The minimum Gasteiger partial charge on any atom is -0.354 e. The van der Waals surface area contributed by atoms with Crippen molar-refractivity contribution in [2.24, 2.45) is 0 Å². The van der Waals surface area contributed by atoms with Crippen LogP contribution in [0.3, 0.4) is 0 Å². The number of rotatable bonds is 5. The number of nitrogens with one attached hydrogen (secondary N) is 3. The number of hydrogen-bond acceptors (Lipinski definition) is 5. The van der Waals surface area contributed by atoms with Gasteiger partial charge >= 0.3 is 0 Å². The lowest BCUT2D eigenvalue weighted by molar-refractivity contribution is -0.384. The first-order valence-electron chi connectivity index (χ1n) is 12.3. The molecule has 7 nitrogen and oxygen atoms in total. The number of nitro groups is 1. The number of H-pyrrole nitrogens is 1. The van der Waals surface area contributed by atoms with Gasteiger partial charge in [0.2, 0.25) is 0 Å². The highest BCUT2D eigenvalue weighted by molar-refractivity contribution is 7.99. The molecule has 8 heteroatoms. The van der Waals surface area contributed by atoms with Crippen molar-refractivity contribution in [3.63, 3.8) is 0 Å². The molecule has 5 aromatic rings. The Kier molecular flexibility index (Phi) is 5.96. The van der Waals surface area contributed by atoms with Gasteiger partial charge in [-0.15, -0.1) is 0 Å². The van der Waals surface area contributed by atoms with Crippen LogP contribution >= 0.6 is 11.8 Å². The molecule has 0 spiro atoms. The van der Waals surface area contributed by atoms with Gasteiger partial charge in [0.05, 0.1) is 16.3 Å². The number of carbonyl (C=O) groups excluding carboxylic acids is 1. The van der Waals surface area contributed by atoms with Crippen molar-refractivity contribution in [1.29, 1.82) is 0 Å². The van der Waals surface area contributed by atoms with E-state index in [1.165, 1.54) is 11.0 Å². The molecule has 4 aromatic carbocycles. The molecule has 0 aliphatic carbocycles. The highest BCUT2D eigenvalue weighted by atomic mass is 32.2. The fourth-order valence-electron chi connectivity index (χ4n) is 4.67. The summed E-state index contributed by atoms with van der Waals surface area (Å²) in [6, 6.07) is 25.2. The third kappa shape index (κ3) is 4.55. The van der Waals surface area contributed by atoms with Crippen LogP contribution in [0.25, 0.3) is 16.5 Å². The molecule has 1 aliphatic heterocycles. The normalized spacial score (nSPS) is 11.8. The molecule has 2 heterocycles. The van der Waals surface area contributed by atoms with Gasteiger partial charge in [-0.05, 0) is 84.1 Å². The maximum atomic E-state index is 13.0. The fraction of sp³-hybridized carbons (Fsp3) is 0.0645. The Balaban J connectivity index is 1.25. The van der Waals surface area contributed by atoms with Crippen molar-refractivity contribution < 1.29 is 9.72 Å². The van der Waals surface area contributed by atoms with E-state index in [2.05, 4.69) is 52.5 Å². The van der Waals surface area contributed by atoms with Crippen LogP contribution in [0.15, 0.2) is 95.2 Å². The second kappa shape index (κ2) is 9.49. The van der Waals surface area contributed by atoms with Gasteiger partial charge in [0.1, 0.15) is 11.4 Å². The predicted molar refractivity (Wildman–Crippen MR) is 157 cm³/mol. The number of carbonyl (C=O) groups is 1. The van der Waals surface area contributed by atoms with Crippen LogP contribution in [0, 0.1) is 24.0 Å². The number of aryl methyl sites for hydroxylation is 2. The van der Waals surface area contributed by atoms with Crippen molar-refractivity contribution in [2.75, 3.05) is 10.6 Å². The summed E-state index contributed by atoms with van der Waals surface area (Å²) in [6.07, 6.45) is 0. The molecule has 0 radical (unpaired) electrons. The van der Waals surface area contributed by atoms with Crippen molar-refractivity contribution in [3.8, 4) is 0 Å². The molecule has 0 saturated carbocycles. The van der Waals surface area contributed by atoms with Crippen molar-refractivity contribution in [1.82, 2.24) is 4.98 Å². The van der Waals surface area contributed by atoms with Crippen molar-refractivity contribution >= 4 is 56.9 Å². The first-order valence-corrected chi connectivity index (χ1v) is 13.2. The molecule has 1 aliphatic rings. The van der Waals surface area contributed by atoms with E-state index in [4.69, 9.17) is 0 Å². The van der Waals surface area contributed by atoms with Crippen LogP contribution in [0.1, 0.15) is 32.7 Å². The monoisotopic (exact) mass is 532 g/mol. The first kappa shape index (κ1) is 24.5. The van der Waals surface area contributed by atoms with Gasteiger partial charge in [0, 0.05) is 26.8 Å². The molecular formula is C31H24N4O3S. The van der Waals surface area contributed by atoms with E-state index in [1.807, 2.05) is 37.3 Å². The molecule has 39 heavy (non-hydrogen) atoms. The molecule has 0 fully saturated rings. The van der Waals surface area contributed by atoms with Gasteiger partial charge in [-0.3, -0.25) is 14.9 Å². The Labute approximate surface area is 229 Å². The predicted octanol–water partition coefficient (Wildman–Crippen LogP) is 8.21. The third-order valence-electron chi connectivity index (χ3n) is 6.98. The summed E-state index contributed by atoms with van der Waals surface area (Å²) in [5.74, 6) is -0.448. The average molecular weight is 533 g/mol. The third-order valence-corrected chi connectivity index (χ3v) is 8.13. The van der Waals surface area contributed by atoms with Gasteiger partial charge < -0.3 is 15.6 Å². The zero-order valence-electron chi connectivity index (χ0n) is 21.3. The molecule has 192 valence electrons. The number of aromatic nitrogens is 1. The van der Waals surface area contributed by atoms with Crippen molar-refractivity contribution in [2.45, 2.75) is 23.6 Å². The number of nitrogens with zero attached hydrogens (tertiary/aromatic N) is 1. The zero-order chi connectivity index (χ0) is 27.3. The van der Waals surface area contributed by atoms with Crippen molar-refractivity contribution in [3.05, 3.63) is 124 Å². The summed E-state index contributed by atoms with van der Waals surface area (Å²) < 4.78 is 0. The topological polar surface area (TPSA) is 100 Å². The van der Waals surface area contributed by atoms with Gasteiger partial charge in [0.15, 0.2) is 0 Å². The maximum Gasteiger partial charge on any atom is 0.293 e. The van der Waals surface area contributed by atoms with E-state index >= 15 is 0 Å². The van der Waals surface area contributed by atoms with Crippen LogP contribution in [-0.2, 0) is 0 Å². The van der Waals surface area contributed by atoms with Crippen LogP contribution in [0.5, 0.6) is 0 Å². The fourth-order valence-corrected chi connectivity index (χ4v) is 5.64. The van der Waals surface area contributed by atoms with Gasteiger partial charge in [-0.2, -0.15) is 0 Å². The molecule has 6 rings (SSSR count). The lowest BCUT2D eigenvalue weighted by atomic mass is 9.98. The van der Waals surface area contributed by atoms with E-state index in [0.717, 1.165) is 55.0 Å². The average Bonchev–Trinajstić information content (AvgIpc) is 3.36. The van der Waals surface area contributed by atoms with Gasteiger partial charge in [-0.25, -0.2) is 0 Å². The number of benzene rings is 4. The molecule has 0 atom stereocenters. The lowest BCUT2D eigenvalue weighted by Crippen LogP contribution is -2.13. The highest BCUT2D eigenvalue weighted by Gasteiger charge is 2.20. The van der Waals surface area contributed by atoms with Gasteiger partial charge in [-0.1, -0.05) is 48.7 Å². The van der Waals surface area contributed by atoms with Crippen LogP contribution < -0.4 is 10.6 Å². The van der Waals surface area contributed by atoms with E-state index in [0.29, 0.717) is 5.69 Å². The second-order valence-electron chi connectivity index (χ2n) is 9.56. The first-order chi connectivity index (χ1) is 18.8. The lowest BCUT2D eigenvalue weighted by Gasteiger charge is -2.21. The Morgan fingerprint density at radius 3 is 2.44 bits per heavy atom. The molecular weight excluding hydrogens is 508 g/mol. The number of para-hydroxylation sites is 1. The Bertz CT molecular complexity index is 1840. The number of nitro benzene ring substituents is 1.